The van der Waals surface area contributed by atoms with E-state index in [-0.39, 0.29) is 37.7 Å². The molecule has 0 radical (unpaired) electrons. The highest BCUT2D eigenvalue weighted by Crippen LogP contribution is 2.38. The fourth-order valence-electron chi connectivity index (χ4n) is 4.47. The summed E-state index contributed by atoms with van der Waals surface area (Å²) < 4.78 is 12.2. The number of hydrogen-bond acceptors (Lipinski definition) is 8. The average Bonchev–Trinajstić information content (AvgIpc) is 3.71. The van der Waals surface area contributed by atoms with E-state index < -0.39 is 24.2 Å². The first-order valence-corrected chi connectivity index (χ1v) is 13.8. The van der Waals surface area contributed by atoms with Crippen molar-refractivity contribution < 1.29 is 38.9 Å². The van der Waals surface area contributed by atoms with E-state index in [1.54, 1.807) is 11.0 Å². The Kier molecular flexibility index (Phi) is 11.1. The van der Waals surface area contributed by atoms with E-state index in [0.29, 0.717) is 57.8 Å². The maximum Gasteiger partial charge on any atom is 0.247 e. The van der Waals surface area contributed by atoms with Crippen LogP contribution in [0.4, 0.5) is 0 Å². The van der Waals surface area contributed by atoms with Crippen molar-refractivity contribution in [3.8, 4) is 11.5 Å². The molecule has 11 heteroatoms. The SMILES string of the molecule is COc1cc(C=O)cc(I)c1OC1C=C(C(=O)NCCO)CC(N(CC2CC2)C(=O)CCCC(C)=O)C1O. The van der Waals surface area contributed by atoms with E-state index in [2.05, 4.69) is 5.32 Å². The lowest BCUT2D eigenvalue weighted by Gasteiger charge is -2.41. The van der Waals surface area contributed by atoms with Crippen molar-refractivity contribution >= 4 is 46.5 Å². The van der Waals surface area contributed by atoms with Gasteiger partial charge in [0, 0.05) is 43.5 Å². The van der Waals surface area contributed by atoms with Crippen LogP contribution in [0.1, 0.15) is 55.8 Å². The van der Waals surface area contributed by atoms with Crippen molar-refractivity contribution in [1.29, 1.82) is 0 Å². The molecular weight excluding hydrogens is 607 g/mol. The molecule has 0 heterocycles. The Balaban J connectivity index is 1.94. The van der Waals surface area contributed by atoms with Crippen LogP contribution in [0.3, 0.4) is 0 Å². The molecule has 1 saturated carbocycles. The van der Waals surface area contributed by atoms with Gasteiger partial charge in [0.1, 0.15) is 24.3 Å². The Labute approximate surface area is 235 Å². The van der Waals surface area contributed by atoms with Crippen molar-refractivity contribution in [2.45, 2.75) is 63.7 Å². The Hall–Kier alpha value is -2.51. The van der Waals surface area contributed by atoms with Gasteiger partial charge in [0.15, 0.2) is 11.5 Å². The first kappa shape index (κ1) is 30.0. The lowest BCUT2D eigenvalue weighted by atomic mass is 9.87. The molecule has 3 N–H and O–H groups in total. The molecule has 38 heavy (non-hydrogen) atoms. The lowest BCUT2D eigenvalue weighted by Crippen LogP contribution is -2.55. The highest BCUT2D eigenvalue weighted by atomic mass is 127. The number of aliphatic hydroxyl groups excluding tert-OH is 2. The van der Waals surface area contributed by atoms with Crippen LogP contribution in [-0.2, 0) is 14.4 Å². The predicted octanol–water partition coefficient (Wildman–Crippen LogP) is 2.03. The molecule has 10 nitrogen and oxygen atoms in total. The van der Waals surface area contributed by atoms with Gasteiger partial charge in [-0.25, -0.2) is 0 Å². The molecule has 1 aromatic carbocycles. The second-order valence-electron chi connectivity index (χ2n) is 9.71. The van der Waals surface area contributed by atoms with Crippen LogP contribution < -0.4 is 14.8 Å². The molecule has 0 spiro atoms. The number of ether oxygens (including phenoxy) is 2. The van der Waals surface area contributed by atoms with E-state index in [1.807, 2.05) is 22.6 Å². The third kappa shape index (κ3) is 8.00. The zero-order chi connectivity index (χ0) is 27.8. The molecule has 0 aromatic heterocycles. The zero-order valence-corrected chi connectivity index (χ0v) is 23.8. The predicted molar refractivity (Wildman–Crippen MR) is 147 cm³/mol. The molecule has 0 aliphatic heterocycles. The summed E-state index contributed by atoms with van der Waals surface area (Å²) in [5.74, 6) is 0.332. The summed E-state index contributed by atoms with van der Waals surface area (Å²) in [5, 5.41) is 23.3. The minimum Gasteiger partial charge on any atom is -0.493 e. The first-order valence-electron chi connectivity index (χ1n) is 12.7. The number of methoxy groups -OCH3 is 1. The molecule has 2 aliphatic carbocycles. The maximum absolute atomic E-state index is 13.3. The van der Waals surface area contributed by atoms with Gasteiger partial charge in [0.2, 0.25) is 11.8 Å². The van der Waals surface area contributed by atoms with E-state index in [9.17, 15) is 24.3 Å². The number of halogens is 1. The molecule has 208 valence electrons. The number of nitrogens with one attached hydrogen (secondary N) is 1. The summed E-state index contributed by atoms with van der Waals surface area (Å²) in [4.78, 5) is 50.6. The van der Waals surface area contributed by atoms with Gasteiger partial charge in [-0.2, -0.15) is 0 Å². The minimum atomic E-state index is -1.16. The molecule has 2 aliphatic rings. The van der Waals surface area contributed by atoms with Crippen LogP contribution in [-0.4, -0.2) is 84.1 Å². The van der Waals surface area contributed by atoms with Crippen LogP contribution in [0.5, 0.6) is 11.5 Å². The Morgan fingerprint density at radius 3 is 2.58 bits per heavy atom. The Bertz CT molecular complexity index is 1070. The molecule has 1 aromatic rings. The normalized spacial score (nSPS) is 20.8. The van der Waals surface area contributed by atoms with Crippen molar-refractivity contribution in [3.63, 3.8) is 0 Å². The smallest absolute Gasteiger partial charge is 0.247 e. The number of carbonyl (C=O) groups is 4. The second-order valence-corrected chi connectivity index (χ2v) is 10.9. The van der Waals surface area contributed by atoms with Gasteiger partial charge in [-0.3, -0.25) is 14.4 Å². The van der Waals surface area contributed by atoms with Crippen molar-refractivity contribution in [2.75, 3.05) is 26.8 Å². The van der Waals surface area contributed by atoms with E-state index in [1.165, 1.54) is 26.2 Å². The summed E-state index contributed by atoms with van der Waals surface area (Å²) in [6.07, 6.45) is 3.02. The number of hydrogen-bond donors (Lipinski definition) is 3. The average molecular weight is 642 g/mol. The van der Waals surface area contributed by atoms with Gasteiger partial charge >= 0.3 is 0 Å². The largest absolute Gasteiger partial charge is 0.493 e. The Morgan fingerprint density at radius 1 is 1.24 bits per heavy atom. The summed E-state index contributed by atoms with van der Waals surface area (Å²) in [6.45, 7) is 1.77. The number of nitrogens with zero attached hydrogens (tertiary/aromatic N) is 1. The summed E-state index contributed by atoms with van der Waals surface area (Å²) in [6, 6.07) is 2.41. The number of amides is 2. The number of aldehydes is 1. The minimum absolute atomic E-state index is 0.00706. The second kappa shape index (κ2) is 14.0. The van der Waals surface area contributed by atoms with Gasteiger partial charge in [-0.1, -0.05) is 0 Å². The fraction of sp³-hybridized carbons (Fsp3) is 0.556. The summed E-state index contributed by atoms with van der Waals surface area (Å²) in [7, 11) is 1.44. The number of Topliss-reactive ketones (excluding diaryl/α,β-unsaturated/α-hetero) is 1. The van der Waals surface area contributed by atoms with Crippen molar-refractivity contribution in [3.05, 3.63) is 32.9 Å². The van der Waals surface area contributed by atoms with Crippen LogP contribution in [0, 0.1) is 9.49 Å². The standard InChI is InChI=1S/C27H35IN2O8/c1-16(33)4-3-5-24(34)30(14-17-6-7-17)21-12-19(27(36)29-8-9-31)13-22(25(21)35)38-26-20(28)10-18(15-32)11-23(26)37-2/h10-11,13,15,17,21-22,25,31,35H,3-9,12,14H2,1-2H3,(H,29,36). The van der Waals surface area contributed by atoms with Gasteiger partial charge in [-0.15, -0.1) is 0 Å². The van der Waals surface area contributed by atoms with Crippen LogP contribution in [0.2, 0.25) is 0 Å². The number of ketones is 1. The van der Waals surface area contributed by atoms with Crippen LogP contribution in [0.15, 0.2) is 23.8 Å². The quantitative estimate of drug-likeness (QED) is 0.207. The van der Waals surface area contributed by atoms with E-state index in [4.69, 9.17) is 14.6 Å². The third-order valence-corrected chi connectivity index (χ3v) is 7.45. The highest BCUT2D eigenvalue weighted by molar-refractivity contribution is 14.1. The Morgan fingerprint density at radius 2 is 1.97 bits per heavy atom. The summed E-state index contributed by atoms with van der Waals surface area (Å²) >= 11 is 2.01. The number of benzene rings is 1. The number of aliphatic hydroxyl groups is 2. The molecule has 3 atom stereocenters. The van der Waals surface area contributed by atoms with E-state index in [0.717, 1.165) is 12.8 Å². The fourth-order valence-corrected chi connectivity index (χ4v) is 5.22. The molecule has 1 fully saturated rings. The maximum atomic E-state index is 13.3. The molecule has 0 saturated heterocycles. The van der Waals surface area contributed by atoms with Gasteiger partial charge < -0.3 is 34.7 Å². The molecular formula is C27H35IN2O8. The molecule has 3 rings (SSSR count). The molecule has 2 amide bonds. The van der Waals surface area contributed by atoms with Gasteiger partial charge in [0.05, 0.1) is 23.3 Å². The molecule has 0 bridgehead atoms. The van der Waals surface area contributed by atoms with Gasteiger partial charge in [-0.05, 0) is 72.9 Å². The number of rotatable bonds is 14. The van der Waals surface area contributed by atoms with Crippen molar-refractivity contribution in [2.24, 2.45) is 5.92 Å². The molecule has 3 unspecified atom stereocenters. The summed E-state index contributed by atoms with van der Waals surface area (Å²) in [5.41, 5.74) is 0.724. The highest BCUT2D eigenvalue weighted by Gasteiger charge is 2.42. The van der Waals surface area contributed by atoms with Crippen LogP contribution >= 0.6 is 22.6 Å². The van der Waals surface area contributed by atoms with Crippen molar-refractivity contribution in [1.82, 2.24) is 10.2 Å². The monoisotopic (exact) mass is 642 g/mol. The number of carbonyl (C=O) groups excluding carboxylic acids is 4. The third-order valence-electron chi connectivity index (χ3n) is 6.65. The van der Waals surface area contributed by atoms with E-state index >= 15 is 0 Å². The lowest BCUT2D eigenvalue weighted by molar-refractivity contribution is -0.139. The topological polar surface area (TPSA) is 142 Å². The van der Waals surface area contributed by atoms with Gasteiger partial charge in [0.25, 0.3) is 0 Å². The van der Waals surface area contributed by atoms with Crippen LogP contribution in [0.25, 0.3) is 0 Å². The zero-order valence-electron chi connectivity index (χ0n) is 21.7. The first-order chi connectivity index (χ1) is 18.2.